The van der Waals surface area contributed by atoms with Gasteiger partial charge in [-0.3, -0.25) is 4.79 Å². The number of piperazine rings is 1. The van der Waals surface area contributed by atoms with Crippen molar-refractivity contribution in [2.45, 2.75) is 19.8 Å². The highest BCUT2D eigenvalue weighted by Gasteiger charge is 2.17. The van der Waals surface area contributed by atoms with E-state index in [4.69, 9.17) is 18.0 Å². The van der Waals surface area contributed by atoms with E-state index in [1.807, 2.05) is 7.05 Å². The smallest absolute Gasteiger partial charge is 0.223 e. The molecule has 0 aromatic rings. The van der Waals surface area contributed by atoms with Gasteiger partial charge in [0.05, 0.1) is 4.99 Å². The van der Waals surface area contributed by atoms with E-state index in [0.717, 1.165) is 39.3 Å². The molecule has 1 aliphatic heterocycles. The summed E-state index contributed by atoms with van der Waals surface area (Å²) in [5, 5.41) is 0. The van der Waals surface area contributed by atoms with Crippen molar-refractivity contribution >= 4 is 23.1 Å². The number of carbonyl (C=O) groups excluding carboxylic acids is 1. The highest BCUT2D eigenvalue weighted by atomic mass is 32.1. The maximum atomic E-state index is 11.9. The first kappa shape index (κ1) is 16.3. The van der Waals surface area contributed by atoms with Gasteiger partial charge < -0.3 is 20.4 Å². The molecule has 0 saturated carbocycles. The minimum absolute atomic E-state index is 0.175. The SMILES string of the molecule is CCN1CCN(CCC(=O)N(C)CCC(N)=S)CC1. The third-order valence-electron chi connectivity index (χ3n) is 3.67. The summed E-state index contributed by atoms with van der Waals surface area (Å²) in [6.07, 6.45) is 1.19. The largest absolute Gasteiger partial charge is 0.393 e. The summed E-state index contributed by atoms with van der Waals surface area (Å²) in [5.41, 5.74) is 5.44. The number of likely N-dealkylation sites (N-methyl/N-ethyl adjacent to an activating group) is 1. The lowest BCUT2D eigenvalue weighted by Crippen LogP contribution is -2.47. The summed E-state index contributed by atoms with van der Waals surface area (Å²) in [6.45, 7) is 9.15. The summed E-state index contributed by atoms with van der Waals surface area (Å²) >= 11 is 4.82. The Balaban J connectivity index is 2.17. The molecular weight excluding hydrogens is 260 g/mol. The van der Waals surface area contributed by atoms with E-state index in [-0.39, 0.29) is 5.91 Å². The van der Waals surface area contributed by atoms with Crippen LogP contribution in [0.4, 0.5) is 0 Å². The molecule has 0 bridgehead atoms. The molecule has 0 aromatic heterocycles. The second-order valence-electron chi connectivity index (χ2n) is 5.06. The topological polar surface area (TPSA) is 52.8 Å². The molecule has 0 aromatic carbocycles. The summed E-state index contributed by atoms with van der Waals surface area (Å²) < 4.78 is 0. The second kappa shape index (κ2) is 8.45. The number of thiocarbonyl (C=S) groups is 1. The van der Waals surface area contributed by atoms with Gasteiger partial charge in [0.2, 0.25) is 5.91 Å². The van der Waals surface area contributed by atoms with Gasteiger partial charge in [0.1, 0.15) is 0 Å². The van der Waals surface area contributed by atoms with E-state index >= 15 is 0 Å². The maximum absolute atomic E-state index is 11.9. The second-order valence-corrected chi connectivity index (χ2v) is 5.58. The van der Waals surface area contributed by atoms with Crippen molar-refractivity contribution in [3.63, 3.8) is 0 Å². The van der Waals surface area contributed by atoms with Crippen LogP contribution in [-0.2, 0) is 4.79 Å². The standard InChI is InChI=1S/C13H26N4OS/c1-3-16-8-10-17(11-9-16)7-5-13(18)15(2)6-4-12(14)19/h3-11H2,1-2H3,(H2,14,19). The van der Waals surface area contributed by atoms with Crippen LogP contribution in [0, 0.1) is 0 Å². The molecule has 6 heteroatoms. The number of carbonyl (C=O) groups is 1. The first-order valence-electron chi connectivity index (χ1n) is 7.00. The van der Waals surface area contributed by atoms with Crippen molar-refractivity contribution in [1.82, 2.24) is 14.7 Å². The third kappa shape index (κ3) is 6.31. The zero-order valence-corrected chi connectivity index (χ0v) is 12.9. The average Bonchev–Trinajstić information content (AvgIpc) is 2.42. The van der Waals surface area contributed by atoms with Gasteiger partial charge in [-0.05, 0) is 6.54 Å². The minimum Gasteiger partial charge on any atom is -0.393 e. The van der Waals surface area contributed by atoms with Crippen LogP contribution in [0.1, 0.15) is 19.8 Å². The molecule has 1 amide bonds. The molecule has 110 valence electrons. The maximum Gasteiger partial charge on any atom is 0.223 e. The Labute approximate surface area is 121 Å². The molecule has 1 saturated heterocycles. The van der Waals surface area contributed by atoms with Crippen LogP contribution < -0.4 is 5.73 Å². The minimum atomic E-state index is 0.175. The van der Waals surface area contributed by atoms with E-state index in [2.05, 4.69) is 16.7 Å². The van der Waals surface area contributed by atoms with E-state index in [1.165, 1.54) is 0 Å². The molecule has 0 spiro atoms. The predicted octanol–water partition coefficient (Wildman–Crippen LogP) is 0.149. The van der Waals surface area contributed by atoms with Crippen LogP contribution in [0.5, 0.6) is 0 Å². The van der Waals surface area contributed by atoms with Crippen LogP contribution >= 0.6 is 12.2 Å². The summed E-state index contributed by atoms with van der Waals surface area (Å²) in [4.78, 5) is 18.9. The Morgan fingerprint density at radius 1 is 1.21 bits per heavy atom. The van der Waals surface area contributed by atoms with Crippen molar-refractivity contribution in [2.75, 3.05) is 52.9 Å². The summed E-state index contributed by atoms with van der Waals surface area (Å²) in [7, 11) is 1.82. The van der Waals surface area contributed by atoms with Gasteiger partial charge in [-0.15, -0.1) is 0 Å². The number of rotatable bonds is 7. The Hall–Kier alpha value is -0.720. The van der Waals surface area contributed by atoms with Crippen LogP contribution in [0.2, 0.25) is 0 Å². The van der Waals surface area contributed by atoms with Gasteiger partial charge in [-0.1, -0.05) is 19.1 Å². The molecule has 1 fully saturated rings. The molecule has 0 unspecified atom stereocenters. The van der Waals surface area contributed by atoms with E-state index in [9.17, 15) is 4.79 Å². The van der Waals surface area contributed by atoms with Crippen LogP contribution in [0.3, 0.4) is 0 Å². The zero-order chi connectivity index (χ0) is 14.3. The van der Waals surface area contributed by atoms with Gasteiger partial charge in [0.15, 0.2) is 0 Å². The Morgan fingerprint density at radius 3 is 2.32 bits per heavy atom. The number of nitrogens with two attached hydrogens (primary N) is 1. The van der Waals surface area contributed by atoms with Crippen molar-refractivity contribution in [3.8, 4) is 0 Å². The monoisotopic (exact) mass is 286 g/mol. The molecule has 1 rings (SSSR count). The quantitative estimate of drug-likeness (QED) is 0.675. The van der Waals surface area contributed by atoms with E-state index < -0.39 is 0 Å². The fourth-order valence-electron chi connectivity index (χ4n) is 2.18. The molecule has 1 aliphatic rings. The highest BCUT2D eigenvalue weighted by Crippen LogP contribution is 2.03. The van der Waals surface area contributed by atoms with Crippen LogP contribution in [0.25, 0.3) is 0 Å². The van der Waals surface area contributed by atoms with Crippen LogP contribution in [0.15, 0.2) is 0 Å². The Kier molecular flexibility index (Phi) is 7.27. The molecule has 0 aliphatic carbocycles. The Morgan fingerprint density at radius 2 is 1.79 bits per heavy atom. The number of amides is 1. The number of hydrogen-bond acceptors (Lipinski definition) is 4. The fourth-order valence-corrected chi connectivity index (χ4v) is 2.27. The van der Waals surface area contributed by atoms with Gasteiger partial charge in [-0.25, -0.2) is 0 Å². The molecule has 0 radical (unpaired) electrons. The molecule has 2 N–H and O–H groups in total. The van der Waals surface area contributed by atoms with Crippen molar-refractivity contribution in [1.29, 1.82) is 0 Å². The van der Waals surface area contributed by atoms with E-state index in [1.54, 1.807) is 4.90 Å². The van der Waals surface area contributed by atoms with Gasteiger partial charge in [0.25, 0.3) is 0 Å². The van der Waals surface area contributed by atoms with Crippen molar-refractivity contribution in [2.24, 2.45) is 5.73 Å². The van der Waals surface area contributed by atoms with Gasteiger partial charge in [-0.2, -0.15) is 0 Å². The molecular formula is C13H26N4OS. The number of hydrogen-bond donors (Lipinski definition) is 1. The Bertz CT molecular complexity index is 303. The summed E-state index contributed by atoms with van der Waals surface area (Å²) in [6, 6.07) is 0. The zero-order valence-electron chi connectivity index (χ0n) is 12.1. The normalized spacial score (nSPS) is 17.4. The van der Waals surface area contributed by atoms with Crippen LogP contribution in [-0.4, -0.2) is 78.5 Å². The van der Waals surface area contributed by atoms with Crippen molar-refractivity contribution in [3.05, 3.63) is 0 Å². The lowest BCUT2D eigenvalue weighted by molar-refractivity contribution is -0.130. The third-order valence-corrected chi connectivity index (χ3v) is 3.88. The fraction of sp³-hybridized carbons (Fsp3) is 0.846. The lowest BCUT2D eigenvalue weighted by Gasteiger charge is -2.34. The van der Waals surface area contributed by atoms with Gasteiger partial charge in [0, 0.05) is 59.2 Å². The first-order valence-corrected chi connectivity index (χ1v) is 7.40. The first-order chi connectivity index (χ1) is 9.02. The number of nitrogens with zero attached hydrogens (tertiary/aromatic N) is 3. The van der Waals surface area contributed by atoms with Crippen molar-refractivity contribution < 1.29 is 4.79 Å². The summed E-state index contributed by atoms with van der Waals surface area (Å²) in [5.74, 6) is 0.175. The molecule has 5 nitrogen and oxygen atoms in total. The molecule has 0 atom stereocenters. The molecule has 19 heavy (non-hydrogen) atoms. The predicted molar refractivity (Wildman–Crippen MR) is 82.2 cm³/mol. The average molecular weight is 286 g/mol. The lowest BCUT2D eigenvalue weighted by atomic mass is 10.2. The highest BCUT2D eigenvalue weighted by molar-refractivity contribution is 7.80. The molecule has 1 heterocycles. The van der Waals surface area contributed by atoms with E-state index in [0.29, 0.717) is 24.4 Å². The van der Waals surface area contributed by atoms with Gasteiger partial charge >= 0.3 is 0 Å².